The molecule has 0 aliphatic carbocycles. The molecule has 0 rings (SSSR count). The predicted octanol–water partition coefficient (Wildman–Crippen LogP) is 17.8. The summed E-state index contributed by atoms with van der Waals surface area (Å²) in [4.78, 5) is 38.0. The van der Waals surface area contributed by atoms with Crippen molar-refractivity contribution in [2.24, 2.45) is 5.92 Å². The molecule has 0 aliphatic rings. The summed E-state index contributed by atoms with van der Waals surface area (Å²) >= 11 is 0. The number of unbranched alkanes of at least 4 members (excludes halogenated alkanes) is 37. The van der Waals surface area contributed by atoms with Crippen molar-refractivity contribution in [1.29, 1.82) is 0 Å². The van der Waals surface area contributed by atoms with E-state index >= 15 is 0 Å². The van der Waals surface area contributed by atoms with Gasteiger partial charge in [0.25, 0.3) is 0 Å². The third-order valence-electron chi connectivity index (χ3n) is 12.5. The van der Waals surface area contributed by atoms with E-state index in [-0.39, 0.29) is 31.1 Å². The lowest BCUT2D eigenvalue weighted by Crippen LogP contribution is -2.30. The highest BCUT2D eigenvalue weighted by Gasteiger charge is 2.19. The van der Waals surface area contributed by atoms with Crippen LogP contribution in [0.15, 0.2) is 0 Å². The normalized spacial score (nSPS) is 12.0. The summed E-state index contributed by atoms with van der Waals surface area (Å²) in [5, 5.41) is 0. The fourth-order valence-electron chi connectivity index (χ4n) is 8.39. The molecule has 0 aromatic heterocycles. The zero-order valence-corrected chi connectivity index (χ0v) is 41.6. The summed E-state index contributed by atoms with van der Waals surface area (Å²) in [5.74, 6) is -0.0466. The SMILES string of the molecule is CCCCCCCCCCCCCCCCCCCCCC(=O)OC[C@H](COC(=O)CCCCCCCCCCC(C)C)OC(=O)CCCCCCCCCCCCCCC. The summed E-state index contributed by atoms with van der Waals surface area (Å²) in [6.07, 6.45) is 52.4. The highest BCUT2D eigenvalue weighted by atomic mass is 16.6. The molecule has 6 nitrogen and oxygen atoms in total. The largest absolute Gasteiger partial charge is 0.462 e. The topological polar surface area (TPSA) is 78.9 Å². The first-order valence-electron chi connectivity index (χ1n) is 27.4. The Kier molecular flexibility index (Phi) is 48.1. The maximum Gasteiger partial charge on any atom is 0.306 e. The molecule has 0 spiro atoms. The summed E-state index contributed by atoms with van der Waals surface area (Å²) in [7, 11) is 0. The molecule has 61 heavy (non-hydrogen) atoms. The molecule has 0 unspecified atom stereocenters. The Bertz CT molecular complexity index is 918. The smallest absolute Gasteiger partial charge is 0.306 e. The standard InChI is InChI=1S/C55H106O6/c1-5-7-9-11-13-15-17-19-20-21-22-23-24-26-27-29-34-38-42-46-53(56)59-49-52(50-60-54(57)47-43-39-35-32-31-33-37-41-45-51(3)4)61-55(58)48-44-40-36-30-28-25-18-16-14-12-10-8-6-2/h51-52H,5-50H2,1-4H3/t52-/m1/s1. The molecule has 0 saturated carbocycles. The van der Waals surface area contributed by atoms with E-state index in [1.54, 1.807) is 0 Å². The van der Waals surface area contributed by atoms with Gasteiger partial charge in [-0.25, -0.2) is 0 Å². The molecule has 0 N–H and O–H groups in total. The summed E-state index contributed by atoms with van der Waals surface area (Å²) in [5.41, 5.74) is 0. The van der Waals surface area contributed by atoms with Crippen molar-refractivity contribution in [3.63, 3.8) is 0 Å². The van der Waals surface area contributed by atoms with Crippen molar-refractivity contribution in [3.8, 4) is 0 Å². The van der Waals surface area contributed by atoms with E-state index in [4.69, 9.17) is 14.2 Å². The van der Waals surface area contributed by atoms with Gasteiger partial charge in [0.15, 0.2) is 6.10 Å². The van der Waals surface area contributed by atoms with Gasteiger partial charge < -0.3 is 14.2 Å². The molecule has 0 aromatic carbocycles. The molecule has 0 aliphatic heterocycles. The van der Waals surface area contributed by atoms with Gasteiger partial charge in [-0.15, -0.1) is 0 Å². The summed E-state index contributed by atoms with van der Waals surface area (Å²) < 4.78 is 16.8. The lowest BCUT2D eigenvalue weighted by molar-refractivity contribution is -0.167. The van der Waals surface area contributed by atoms with Gasteiger partial charge >= 0.3 is 17.9 Å². The minimum atomic E-state index is -0.761. The van der Waals surface area contributed by atoms with Crippen molar-refractivity contribution in [2.75, 3.05) is 13.2 Å². The molecule has 6 heteroatoms. The van der Waals surface area contributed by atoms with Gasteiger partial charge in [-0.05, 0) is 25.2 Å². The third-order valence-corrected chi connectivity index (χ3v) is 12.5. The lowest BCUT2D eigenvalue weighted by Gasteiger charge is -2.18. The second-order valence-electron chi connectivity index (χ2n) is 19.3. The van der Waals surface area contributed by atoms with Crippen LogP contribution in [0.3, 0.4) is 0 Å². The maximum absolute atomic E-state index is 12.8. The first-order chi connectivity index (χ1) is 29.9. The molecule has 1 atom stereocenters. The van der Waals surface area contributed by atoms with Crippen molar-refractivity contribution in [1.82, 2.24) is 0 Å². The Balaban J connectivity index is 4.24. The molecular weight excluding hydrogens is 757 g/mol. The first-order valence-corrected chi connectivity index (χ1v) is 27.4. The number of hydrogen-bond donors (Lipinski definition) is 0. The monoisotopic (exact) mass is 863 g/mol. The molecule has 0 aromatic rings. The number of ether oxygens (including phenoxy) is 3. The number of carbonyl (C=O) groups is 3. The Hall–Kier alpha value is -1.59. The molecule has 362 valence electrons. The molecular formula is C55H106O6. The highest BCUT2D eigenvalue weighted by molar-refractivity contribution is 5.71. The van der Waals surface area contributed by atoms with Gasteiger partial charge in [0.2, 0.25) is 0 Å². The number of esters is 3. The molecule has 0 amide bonds. The Morgan fingerprint density at radius 2 is 0.541 bits per heavy atom. The van der Waals surface area contributed by atoms with Gasteiger partial charge in [0.1, 0.15) is 13.2 Å². The minimum Gasteiger partial charge on any atom is -0.462 e. The van der Waals surface area contributed by atoms with Crippen molar-refractivity contribution >= 4 is 17.9 Å². The Morgan fingerprint density at radius 1 is 0.311 bits per heavy atom. The van der Waals surface area contributed by atoms with Crippen molar-refractivity contribution in [2.45, 2.75) is 316 Å². The predicted molar refractivity (Wildman–Crippen MR) is 261 cm³/mol. The minimum absolute atomic E-state index is 0.0627. The van der Waals surface area contributed by atoms with Gasteiger partial charge in [0, 0.05) is 19.3 Å². The average molecular weight is 863 g/mol. The number of rotatable bonds is 50. The number of carbonyl (C=O) groups excluding carboxylic acids is 3. The third kappa shape index (κ3) is 49.3. The van der Waals surface area contributed by atoms with Crippen LogP contribution in [0, 0.1) is 5.92 Å². The van der Waals surface area contributed by atoms with Gasteiger partial charge in [-0.1, -0.05) is 272 Å². The van der Waals surface area contributed by atoms with Gasteiger partial charge in [0.05, 0.1) is 0 Å². The van der Waals surface area contributed by atoms with E-state index in [9.17, 15) is 14.4 Å². The van der Waals surface area contributed by atoms with E-state index in [1.165, 1.54) is 205 Å². The van der Waals surface area contributed by atoms with E-state index in [0.717, 1.165) is 63.7 Å². The van der Waals surface area contributed by atoms with Crippen LogP contribution in [0.5, 0.6) is 0 Å². The Morgan fingerprint density at radius 3 is 0.803 bits per heavy atom. The van der Waals surface area contributed by atoms with Crippen molar-refractivity contribution < 1.29 is 28.6 Å². The van der Waals surface area contributed by atoms with Crippen LogP contribution in [0.4, 0.5) is 0 Å². The van der Waals surface area contributed by atoms with Crippen LogP contribution in [0.1, 0.15) is 310 Å². The highest BCUT2D eigenvalue weighted by Crippen LogP contribution is 2.17. The molecule has 0 radical (unpaired) electrons. The zero-order valence-electron chi connectivity index (χ0n) is 41.6. The quantitative estimate of drug-likeness (QED) is 0.0344. The molecule has 0 heterocycles. The fourth-order valence-corrected chi connectivity index (χ4v) is 8.39. The fraction of sp³-hybridized carbons (Fsp3) is 0.945. The average Bonchev–Trinajstić information content (AvgIpc) is 3.24. The van der Waals surface area contributed by atoms with Crippen LogP contribution in [0.2, 0.25) is 0 Å². The van der Waals surface area contributed by atoms with Crippen molar-refractivity contribution in [3.05, 3.63) is 0 Å². The molecule has 0 bridgehead atoms. The zero-order chi connectivity index (χ0) is 44.5. The Labute approximate surface area is 380 Å². The molecule has 0 fully saturated rings. The summed E-state index contributed by atoms with van der Waals surface area (Å²) in [6, 6.07) is 0. The molecule has 0 saturated heterocycles. The lowest BCUT2D eigenvalue weighted by atomic mass is 10.0. The van der Waals surface area contributed by atoms with Crippen LogP contribution in [-0.2, 0) is 28.6 Å². The van der Waals surface area contributed by atoms with Crippen LogP contribution < -0.4 is 0 Å². The van der Waals surface area contributed by atoms with Crippen LogP contribution in [-0.4, -0.2) is 37.2 Å². The van der Waals surface area contributed by atoms with Crippen LogP contribution in [0.25, 0.3) is 0 Å². The number of hydrogen-bond acceptors (Lipinski definition) is 6. The van der Waals surface area contributed by atoms with E-state index in [0.29, 0.717) is 19.3 Å². The van der Waals surface area contributed by atoms with Gasteiger partial charge in [-0.3, -0.25) is 14.4 Å². The first kappa shape index (κ1) is 59.4. The second kappa shape index (κ2) is 49.4. The van der Waals surface area contributed by atoms with E-state index in [1.807, 2.05) is 0 Å². The summed E-state index contributed by atoms with van der Waals surface area (Å²) in [6.45, 7) is 9.01. The van der Waals surface area contributed by atoms with E-state index in [2.05, 4.69) is 27.7 Å². The van der Waals surface area contributed by atoms with Gasteiger partial charge in [-0.2, -0.15) is 0 Å². The van der Waals surface area contributed by atoms with Crippen LogP contribution >= 0.6 is 0 Å². The maximum atomic E-state index is 12.8. The van der Waals surface area contributed by atoms with E-state index < -0.39 is 6.10 Å². The second-order valence-corrected chi connectivity index (χ2v) is 19.3.